The van der Waals surface area contributed by atoms with Crippen LogP contribution < -0.4 is 0 Å². The molecule has 0 N–H and O–H groups in total. The van der Waals surface area contributed by atoms with Crippen molar-refractivity contribution in [3.63, 3.8) is 0 Å². The van der Waals surface area contributed by atoms with Crippen molar-refractivity contribution in [3.05, 3.63) is 36.0 Å². The molecule has 1 aliphatic heterocycles. The Bertz CT molecular complexity index is 684. The van der Waals surface area contributed by atoms with E-state index in [9.17, 15) is 0 Å². The van der Waals surface area contributed by atoms with Crippen molar-refractivity contribution in [3.8, 4) is 5.82 Å². The van der Waals surface area contributed by atoms with Crippen LogP contribution in [0.15, 0.2) is 24.5 Å². The number of aryl methyl sites for hydroxylation is 1. The van der Waals surface area contributed by atoms with Crippen molar-refractivity contribution in [2.24, 2.45) is 0 Å². The summed E-state index contributed by atoms with van der Waals surface area (Å²) >= 11 is 0. The standard InChI is InChI=1S/C19H30N6O/c1-15-20-9-10-25(15)19-8-5-16(21-22-19)13-17-6-7-18(26-17)14-24(4)12-11-23(2)3/h5,8-10,17-18H,6-7,11-14H2,1-4H3/t17-,18+/m0/s1. The van der Waals surface area contributed by atoms with Gasteiger partial charge in [0.15, 0.2) is 5.82 Å². The van der Waals surface area contributed by atoms with Crippen LogP contribution in [-0.2, 0) is 11.2 Å². The summed E-state index contributed by atoms with van der Waals surface area (Å²) in [5.74, 6) is 1.71. The number of hydrogen-bond donors (Lipinski definition) is 0. The van der Waals surface area contributed by atoms with Crippen LogP contribution in [0.4, 0.5) is 0 Å². The highest BCUT2D eigenvalue weighted by molar-refractivity contribution is 5.23. The van der Waals surface area contributed by atoms with Gasteiger partial charge in [-0.3, -0.25) is 4.57 Å². The van der Waals surface area contributed by atoms with E-state index < -0.39 is 0 Å². The van der Waals surface area contributed by atoms with Gasteiger partial charge in [-0.05, 0) is 53.0 Å². The molecule has 3 heterocycles. The highest BCUT2D eigenvalue weighted by Crippen LogP contribution is 2.23. The molecule has 0 aromatic carbocycles. The fraction of sp³-hybridized carbons (Fsp3) is 0.632. The summed E-state index contributed by atoms with van der Waals surface area (Å²) in [5, 5.41) is 8.72. The Morgan fingerprint density at radius 3 is 2.58 bits per heavy atom. The fourth-order valence-corrected chi connectivity index (χ4v) is 3.32. The third-order valence-corrected chi connectivity index (χ3v) is 4.85. The first kappa shape index (κ1) is 18.9. The van der Waals surface area contributed by atoms with Gasteiger partial charge in [-0.2, -0.15) is 5.10 Å². The second-order valence-electron chi connectivity index (χ2n) is 7.45. The molecule has 7 heteroatoms. The first-order valence-electron chi connectivity index (χ1n) is 9.33. The lowest BCUT2D eigenvalue weighted by atomic mass is 10.1. The van der Waals surface area contributed by atoms with E-state index in [1.54, 1.807) is 6.20 Å². The Hall–Kier alpha value is -1.83. The average Bonchev–Trinajstić information content (AvgIpc) is 3.23. The Labute approximate surface area is 156 Å². The van der Waals surface area contributed by atoms with Crippen LogP contribution in [0.3, 0.4) is 0 Å². The predicted molar refractivity (Wildman–Crippen MR) is 102 cm³/mol. The van der Waals surface area contributed by atoms with E-state index in [-0.39, 0.29) is 6.10 Å². The Balaban J connectivity index is 1.47. The van der Waals surface area contributed by atoms with E-state index in [2.05, 4.69) is 46.1 Å². The van der Waals surface area contributed by atoms with Crippen LogP contribution in [0.1, 0.15) is 24.4 Å². The maximum atomic E-state index is 6.23. The molecule has 26 heavy (non-hydrogen) atoms. The first-order valence-corrected chi connectivity index (χ1v) is 9.33. The molecular formula is C19H30N6O. The van der Waals surface area contributed by atoms with Gasteiger partial charge in [-0.25, -0.2) is 4.98 Å². The van der Waals surface area contributed by atoms with E-state index in [1.807, 2.05) is 29.8 Å². The molecule has 0 amide bonds. The Kier molecular flexibility index (Phi) is 6.34. The molecule has 2 aromatic rings. The minimum Gasteiger partial charge on any atom is -0.373 e. The molecule has 1 saturated heterocycles. The van der Waals surface area contributed by atoms with Crippen molar-refractivity contribution in [2.45, 2.75) is 38.4 Å². The van der Waals surface area contributed by atoms with Gasteiger partial charge in [0.05, 0.1) is 17.9 Å². The summed E-state index contributed by atoms with van der Waals surface area (Å²) in [6.45, 7) is 5.09. The summed E-state index contributed by atoms with van der Waals surface area (Å²) in [6, 6.07) is 4.04. The van der Waals surface area contributed by atoms with Gasteiger partial charge >= 0.3 is 0 Å². The first-order chi connectivity index (χ1) is 12.5. The molecule has 0 saturated carbocycles. The normalized spacial score (nSPS) is 20.4. The number of likely N-dealkylation sites (N-methyl/N-ethyl adjacent to an activating group) is 2. The molecule has 2 aromatic heterocycles. The van der Waals surface area contributed by atoms with Crippen LogP contribution >= 0.6 is 0 Å². The van der Waals surface area contributed by atoms with Gasteiger partial charge in [0.2, 0.25) is 0 Å². The summed E-state index contributed by atoms with van der Waals surface area (Å²) in [4.78, 5) is 8.79. The summed E-state index contributed by atoms with van der Waals surface area (Å²) in [7, 11) is 6.38. The topological polar surface area (TPSA) is 59.3 Å². The molecule has 3 rings (SSSR count). The molecule has 1 aliphatic rings. The molecule has 2 atom stereocenters. The number of hydrogen-bond acceptors (Lipinski definition) is 6. The third kappa shape index (κ3) is 5.09. The van der Waals surface area contributed by atoms with Gasteiger partial charge in [-0.15, -0.1) is 5.10 Å². The number of imidazole rings is 1. The van der Waals surface area contributed by atoms with E-state index >= 15 is 0 Å². The number of nitrogens with zero attached hydrogens (tertiary/aromatic N) is 6. The van der Waals surface area contributed by atoms with E-state index in [1.165, 1.54) is 0 Å². The van der Waals surface area contributed by atoms with Gasteiger partial charge in [0.1, 0.15) is 5.82 Å². The van der Waals surface area contributed by atoms with Gasteiger partial charge in [-0.1, -0.05) is 0 Å². The molecule has 1 fully saturated rings. The van der Waals surface area contributed by atoms with Crippen LogP contribution in [0.2, 0.25) is 0 Å². The highest BCUT2D eigenvalue weighted by Gasteiger charge is 2.26. The van der Waals surface area contributed by atoms with Crippen LogP contribution in [0, 0.1) is 6.92 Å². The minimum absolute atomic E-state index is 0.248. The molecule has 0 unspecified atom stereocenters. The summed E-state index contributed by atoms with van der Waals surface area (Å²) in [5.41, 5.74) is 0.984. The molecule has 0 bridgehead atoms. The molecule has 0 radical (unpaired) electrons. The van der Waals surface area contributed by atoms with Crippen molar-refractivity contribution in [1.82, 2.24) is 29.5 Å². The van der Waals surface area contributed by atoms with Crippen LogP contribution in [0.25, 0.3) is 5.82 Å². The van der Waals surface area contributed by atoms with E-state index in [0.29, 0.717) is 6.10 Å². The fourth-order valence-electron chi connectivity index (χ4n) is 3.32. The second-order valence-corrected chi connectivity index (χ2v) is 7.45. The lowest BCUT2D eigenvalue weighted by molar-refractivity contribution is 0.0266. The van der Waals surface area contributed by atoms with Crippen LogP contribution in [0.5, 0.6) is 0 Å². The largest absolute Gasteiger partial charge is 0.373 e. The Morgan fingerprint density at radius 2 is 1.92 bits per heavy atom. The molecule has 0 aliphatic carbocycles. The third-order valence-electron chi connectivity index (χ3n) is 4.85. The predicted octanol–water partition coefficient (Wildman–Crippen LogP) is 1.55. The van der Waals surface area contributed by atoms with Crippen molar-refractivity contribution in [1.29, 1.82) is 0 Å². The van der Waals surface area contributed by atoms with E-state index in [0.717, 1.165) is 56.2 Å². The van der Waals surface area contributed by atoms with Crippen molar-refractivity contribution >= 4 is 0 Å². The molecule has 0 spiro atoms. The maximum Gasteiger partial charge on any atom is 0.160 e. The summed E-state index contributed by atoms with van der Waals surface area (Å²) in [6.07, 6.45) is 7.29. The number of aromatic nitrogens is 4. The van der Waals surface area contributed by atoms with Gasteiger partial charge < -0.3 is 14.5 Å². The summed E-state index contributed by atoms with van der Waals surface area (Å²) < 4.78 is 8.16. The smallest absolute Gasteiger partial charge is 0.160 e. The highest BCUT2D eigenvalue weighted by atomic mass is 16.5. The zero-order valence-electron chi connectivity index (χ0n) is 16.3. The lowest BCUT2D eigenvalue weighted by Gasteiger charge is -2.23. The maximum absolute atomic E-state index is 6.23. The van der Waals surface area contributed by atoms with E-state index in [4.69, 9.17) is 4.74 Å². The zero-order chi connectivity index (χ0) is 18.5. The van der Waals surface area contributed by atoms with Crippen molar-refractivity contribution < 1.29 is 4.74 Å². The zero-order valence-corrected chi connectivity index (χ0v) is 16.3. The average molecular weight is 358 g/mol. The number of rotatable bonds is 8. The Morgan fingerprint density at radius 1 is 1.12 bits per heavy atom. The molecule has 142 valence electrons. The lowest BCUT2D eigenvalue weighted by Crippen LogP contribution is -2.34. The monoisotopic (exact) mass is 358 g/mol. The second kappa shape index (κ2) is 8.70. The number of ether oxygens (including phenoxy) is 1. The quantitative estimate of drug-likeness (QED) is 0.714. The van der Waals surface area contributed by atoms with Gasteiger partial charge in [0.25, 0.3) is 0 Å². The molecular weight excluding hydrogens is 328 g/mol. The minimum atomic E-state index is 0.248. The molecule has 7 nitrogen and oxygen atoms in total. The van der Waals surface area contributed by atoms with Gasteiger partial charge in [0, 0.05) is 38.4 Å². The van der Waals surface area contributed by atoms with Crippen LogP contribution in [-0.4, -0.2) is 82.5 Å². The SMILES string of the molecule is Cc1nccn1-c1ccc(C[C@@H]2CC[C@H](CN(C)CCN(C)C)O2)nn1. The van der Waals surface area contributed by atoms with Crippen molar-refractivity contribution in [2.75, 3.05) is 40.8 Å².